The zero-order valence-corrected chi connectivity index (χ0v) is 22.7. The standard InChI is InChI=1S/C30H34F3N5O2/c1-20-7-10-25(24(32)15-20)35-28-22(8-9-23(31)27(28)33)29(39)38-18-30(40,19-38)17-34-16-21-5-3-4-6-26(21)37-13-11-36(2)12-14-37/h3-10,15,34-35,40H,11-14,16-19H2,1-2H3. The van der Waals surface area contributed by atoms with E-state index in [1.54, 1.807) is 13.0 Å². The Balaban J connectivity index is 1.21. The van der Waals surface area contributed by atoms with Crippen LogP contribution in [0.25, 0.3) is 0 Å². The lowest BCUT2D eigenvalue weighted by molar-refractivity contribution is -0.0787. The minimum atomic E-state index is -1.28. The molecular formula is C30H34F3N5O2. The van der Waals surface area contributed by atoms with E-state index in [4.69, 9.17) is 0 Å². The molecule has 0 unspecified atom stereocenters. The molecule has 3 aromatic carbocycles. The summed E-state index contributed by atoms with van der Waals surface area (Å²) in [5.41, 5.74) is 1.14. The molecule has 2 fully saturated rings. The molecule has 0 saturated carbocycles. The molecule has 0 aliphatic carbocycles. The van der Waals surface area contributed by atoms with Crippen LogP contribution in [0.15, 0.2) is 54.6 Å². The third-order valence-corrected chi connectivity index (χ3v) is 7.57. The number of likely N-dealkylation sites (tertiary alicyclic amines) is 1. The third-order valence-electron chi connectivity index (χ3n) is 7.57. The molecule has 10 heteroatoms. The monoisotopic (exact) mass is 553 g/mol. The number of nitrogens with one attached hydrogen (secondary N) is 2. The maximum Gasteiger partial charge on any atom is 0.256 e. The van der Waals surface area contributed by atoms with Gasteiger partial charge in [0.25, 0.3) is 5.91 Å². The van der Waals surface area contributed by atoms with Gasteiger partial charge in [-0.1, -0.05) is 24.3 Å². The number of piperazine rings is 1. The van der Waals surface area contributed by atoms with E-state index in [0.717, 1.165) is 37.8 Å². The van der Waals surface area contributed by atoms with E-state index >= 15 is 0 Å². The van der Waals surface area contributed by atoms with E-state index in [0.29, 0.717) is 12.1 Å². The summed E-state index contributed by atoms with van der Waals surface area (Å²) < 4.78 is 43.2. The van der Waals surface area contributed by atoms with Gasteiger partial charge in [0.05, 0.1) is 30.0 Å². The zero-order chi connectivity index (χ0) is 28.4. The van der Waals surface area contributed by atoms with Crippen molar-refractivity contribution < 1.29 is 23.1 Å². The first kappa shape index (κ1) is 27.9. The summed E-state index contributed by atoms with van der Waals surface area (Å²) >= 11 is 0. The average Bonchev–Trinajstić information content (AvgIpc) is 2.91. The molecule has 2 aliphatic heterocycles. The number of carbonyl (C=O) groups excluding carboxylic acids is 1. The number of likely N-dealkylation sites (N-methyl/N-ethyl adjacent to an activating group) is 1. The molecule has 212 valence electrons. The summed E-state index contributed by atoms with van der Waals surface area (Å²) in [7, 11) is 2.12. The minimum absolute atomic E-state index is 0.0241. The van der Waals surface area contributed by atoms with Gasteiger partial charge < -0.3 is 30.4 Å². The minimum Gasteiger partial charge on any atom is -0.385 e. The number of nitrogens with zero attached hydrogens (tertiary/aromatic N) is 3. The molecule has 0 spiro atoms. The Bertz CT molecular complexity index is 1390. The van der Waals surface area contributed by atoms with Crippen molar-refractivity contribution in [2.45, 2.75) is 19.1 Å². The Morgan fingerprint density at radius 1 is 0.975 bits per heavy atom. The molecule has 2 saturated heterocycles. The molecular weight excluding hydrogens is 519 g/mol. The van der Waals surface area contributed by atoms with Crippen molar-refractivity contribution in [3.05, 3.63) is 88.7 Å². The van der Waals surface area contributed by atoms with E-state index in [-0.39, 0.29) is 30.9 Å². The summed E-state index contributed by atoms with van der Waals surface area (Å²) in [5.74, 6) is -3.67. The van der Waals surface area contributed by atoms with E-state index in [9.17, 15) is 23.1 Å². The molecule has 3 N–H and O–H groups in total. The Morgan fingerprint density at radius 3 is 2.42 bits per heavy atom. The molecule has 40 heavy (non-hydrogen) atoms. The number of carbonyl (C=O) groups is 1. The predicted molar refractivity (Wildman–Crippen MR) is 149 cm³/mol. The maximum atomic E-state index is 14.8. The van der Waals surface area contributed by atoms with Gasteiger partial charge in [-0.2, -0.15) is 0 Å². The number of para-hydroxylation sites is 1. The van der Waals surface area contributed by atoms with Crippen LogP contribution < -0.4 is 15.5 Å². The summed E-state index contributed by atoms with van der Waals surface area (Å²) in [6.45, 7) is 6.46. The van der Waals surface area contributed by atoms with Crippen molar-refractivity contribution in [3.63, 3.8) is 0 Å². The van der Waals surface area contributed by atoms with Gasteiger partial charge in [-0.05, 0) is 55.4 Å². The molecule has 0 radical (unpaired) electrons. The summed E-state index contributed by atoms with van der Waals surface area (Å²) in [6.07, 6.45) is 0. The number of hydrogen-bond acceptors (Lipinski definition) is 6. The van der Waals surface area contributed by atoms with E-state index in [2.05, 4.69) is 39.6 Å². The van der Waals surface area contributed by atoms with Crippen molar-refractivity contribution in [2.24, 2.45) is 0 Å². The van der Waals surface area contributed by atoms with Crippen LogP contribution in [-0.4, -0.2) is 79.3 Å². The van der Waals surface area contributed by atoms with Crippen LogP contribution >= 0.6 is 0 Å². The molecule has 0 bridgehead atoms. The number of β-amino-alcohol motifs (C(OH)–C–C–N with tert-alkyl or cyclic N) is 1. The van der Waals surface area contributed by atoms with Gasteiger partial charge in [-0.3, -0.25) is 4.79 Å². The fourth-order valence-electron chi connectivity index (χ4n) is 5.24. The molecule has 3 aromatic rings. The van der Waals surface area contributed by atoms with Crippen LogP contribution in [0.1, 0.15) is 21.5 Å². The van der Waals surface area contributed by atoms with Gasteiger partial charge in [-0.25, -0.2) is 13.2 Å². The second-order valence-electron chi connectivity index (χ2n) is 10.8. The lowest BCUT2D eigenvalue weighted by Gasteiger charge is -2.46. The normalized spacial score (nSPS) is 17.1. The van der Waals surface area contributed by atoms with Crippen molar-refractivity contribution in [3.8, 4) is 0 Å². The van der Waals surface area contributed by atoms with Crippen LogP contribution in [0.4, 0.5) is 30.2 Å². The highest BCUT2D eigenvalue weighted by atomic mass is 19.2. The average molecular weight is 554 g/mol. The fraction of sp³-hybridized carbons (Fsp3) is 0.367. The second-order valence-corrected chi connectivity index (χ2v) is 10.8. The van der Waals surface area contributed by atoms with Gasteiger partial charge in [0, 0.05) is 45.0 Å². The highest BCUT2D eigenvalue weighted by molar-refractivity contribution is 6.01. The number of halogens is 3. The Hall–Kier alpha value is -3.60. The van der Waals surface area contributed by atoms with Gasteiger partial charge in [0.2, 0.25) is 0 Å². The number of hydrogen-bond donors (Lipinski definition) is 3. The Kier molecular flexibility index (Phi) is 8.02. The molecule has 2 aliphatic rings. The number of aryl methyl sites for hydroxylation is 1. The number of aliphatic hydroxyl groups is 1. The van der Waals surface area contributed by atoms with Crippen molar-refractivity contribution >= 4 is 23.0 Å². The first-order chi connectivity index (χ1) is 19.1. The lowest BCUT2D eigenvalue weighted by Crippen LogP contribution is -2.67. The summed E-state index contributed by atoms with van der Waals surface area (Å²) in [4.78, 5) is 19.3. The van der Waals surface area contributed by atoms with Crippen LogP contribution in [0.3, 0.4) is 0 Å². The summed E-state index contributed by atoms with van der Waals surface area (Å²) in [5, 5.41) is 16.9. The highest BCUT2D eigenvalue weighted by Crippen LogP contribution is 2.31. The lowest BCUT2D eigenvalue weighted by atomic mass is 9.92. The molecule has 7 nitrogen and oxygen atoms in total. The van der Waals surface area contributed by atoms with Crippen LogP contribution in [0.2, 0.25) is 0 Å². The van der Waals surface area contributed by atoms with Crippen molar-refractivity contribution in [2.75, 3.05) is 63.1 Å². The maximum absolute atomic E-state index is 14.8. The van der Waals surface area contributed by atoms with Crippen LogP contribution in [-0.2, 0) is 6.54 Å². The largest absolute Gasteiger partial charge is 0.385 e. The Morgan fingerprint density at radius 2 is 1.70 bits per heavy atom. The molecule has 2 heterocycles. The first-order valence-corrected chi connectivity index (χ1v) is 13.4. The SMILES string of the molecule is Cc1ccc(Nc2c(C(=O)N3CC(O)(CNCc4ccccc4N4CCN(C)CC4)C3)ccc(F)c2F)c(F)c1. The number of amides is 1. The van der Waals surface area contributed by atoms with E-state index in [1.165, 1.54) is 28.8 Å². The zero-order valence-electron chi connectivity index (χ0n) is 22.7. The topological polar surface area (TPSA) is 71.1 Å². The van der Waals surface area contributed by atoms with Crippen LogP contribution in [0.5, 0.6) is 0 Å². The smallest absolute Gasteiger partial charge is 0.256 e. The van der Waals surface area contributed by atoms with E-state index < -0.39 is 34.6 Å². The third kappa shape index (κ3) is 5.94. The van der Waals surface area contributed by atoms with E-state index in [1.807, 2.05) is 12.1 Å². The molecule has 1 amide bonds. The quantitative estimate of drug-likeness (QED) is 0.394. The molecule has 5 rings (SSSR count). The fourth-order valence-corrected chi connectivity index (χ4v) is 5.24. The number of benzene rings is 3. The molecule has 0 aromatic heterocycles. The second kappa shape index (κ2) is 11.5. The number of anilines is 3. The first-order valence-electron chi connectivity index (χ1n) is 13.4. The number of rotatable bonds is 8. The van der Waals surface area contributed by atoms with Gasteiger partial charge in [0.15, 0.2) is 11.6 Å². The van der Waals surface area contributed by atoms with Crippen molar-refractivity contribution in [1.29, 1.82) is 0 Å². The Labute approximate surface area is 232 Å². The van der Waals surface area contributed by atoms with Gasteiger partial charge in [0.1, 0.15) is 11.4 Å². The van der Waals surface area contributed by atoms with Gasteiger partial charge >= 0.3 is 0 Å². The summed E-state index contributed by atoms with van der Waals surface area (Å²) in [6, 6.07) is 14.5. The van der Waals surface area contributed by atoms with Crippen molar-refractivity contribution in [1.82, 2.24) is 15.1 Å². The highest BCUT2D eigenvalue weighted by Gasteiger charge is 2.44. The predicted octanol–water partition coefficient (Wildman–Crippen LogP) is 3.88. The van der Waals surface area contributed by atoms with Gasteiger partial charge in [-0.15, -0.1) is 0 Å². The molecule has 0 atom stereocenters. The van der Waals surface area contributed by atoms with Crippen LogP contribution in [0, 0.1) is 24.4 Å².